The van der Waals surface area contributed by atoms with Crippen LogP contribution in [0.2, 0.25) is 0 Å². The second-order valence-electron chi connectivity index (χ2n) is 3.77. The fourth-order valence-electron chi connectivity index (χ4n) is 2.21. The summed E-state index contributed by atoms with van der Waals surface area (Å²) in [6.45, 7) is -0.146. The quantitative estimate of drug-likeness (QED) is 0.483. The van der Waals surface area contributed by atoms with Crippen molar-refractivity contribution in [1.82, 2.24) is 10.2 Å². The van der Waals surface area contributed by atoms with Crippen LogP contribution in [0.1, 0.15) is 25.7 Å². The zero-order valence-electron chi connectivity index (χ0n) is 7.75. The second-order valence-corrected chi connectivity index (χ2v) is 3.77. The number of hydrogen-bond donors (Lipinski definition) is 1. The summed E-state index contributed by atoms with van der Waals surface area (Å²) in [5.41, 5.74) is -0.673. The second kappa shape index (κ2) is 2.98. The highest BCUT2D eigenvalue weighted by Gasteiger charge is 2.52. The van der Waals surface area contributed by atoms with Crippen LogP contribution in [0.15, 0.2) is 0 Å². The van der Waals surface area contributed by atoms with E-state index in [-0.39, 0.29) is 12.5 Å². The van der Waals surface area contributed by atoms with Crippen LogP contribution in [0.25, 0.3) is 0 Å². The number of nitriles is 1. The van der Waals surface area contributed by atoms with Gasteiger partial charge in [-0.15, -0.1) is 0 Å². The third kappa shape index (κ3) is 1.07. The van der Waals surface area contributed by atoms with Gasteiger partial charge in [0, 0.05) is 0 Å². The summed E-state index contributed by atoms with van der Waals surface area (Å²) in [6, 6.07) is 1.40. The molecule has 1 aliphatic heterocycles. The number of amides is 3. The normalized spacial score (nSPS) is 24.1. The Balaban J connectivity index is 2.23. The first-order valence-corrected chi connectivity index (χ1v) is 4.71. The topological polar surface area (TPSA) is 73.2 Å². The minimum Gasteiger partial charge on any atom is -0.323 e. The molecule has 0 aromatic carbocycles. The summed E-state index contributed by atoms with van der Waals surface area (Å²) >= 11 is 0. The molecule has 14 heavy (non-hydrogen) atoms. The highest BCUT2D eigenvalue weighted by atomic mass is 16.2. The highest BCUT2D eigenvalue weighted by Crippen LogP contribution is 2.34. The van der Waals surface area contributed by atoms with Crippen LogP contribution < -0.4 is 5.32 Å². The van der Waals surface area contributed by atoms with Gasteiger partial charge in [0.05, 0.1) is 6.07 Å². The van der Waals surface area contributed by atoms with Gasteiger partial charge in [-0.3, -0.25) is 4.79 Å². The van der Waals surface area contributed by atoms with E-state index in [1.165, 1.54) is 0 Å². The summed E-state index contributed by atoms with van der Waals surface area (Å²) in [4.78, 5) is 24.2. The Labute approximate surface area is 81.7 Å². The van der Waals surface area contributed by atoms with Gasteiger partial charge in [0.25, 0.3) is 5.91 Å². The van der Waals surface area contributed by atoms with E-state index in [4.69, 9.17) is 5.26 Å². The lowest BCUT2D eigenvalue weighted by atomic mass is 9.98. The molecule has 0 bridgehead atoms. The van der Waals surface area contributed by atoms with E-state index in [2.05, 4.69) is 5.32 Å². The number of carbonyl (C=O) groups excluding carboxylic acids is 2. The van der Waals surface area contributed by atoms with Gasteiger partial charge in [-0.05, 0) is 12.8 Å². The van der Waals surface area contributed by atoms with Crippen molar-refractivity contribution in [3.63, 3.8) is 0 Å². The lowest BCUT2D eigenvalue weighted by Gasteiger charge is -2.18. The Hall–Kier alpha value is -1.57. The van der Waals surface area contributed by atoms with Crippen LogP contribution in [0.3, 0.4) is 0 Å². The Morgan fingerprint density at radius 3 is 2.64 bits per heavy atom. The molecular weight excluding hydrogens is 182 g/mol. The molecule has 1 spiro atoms. The van der Waals surface area contributed by atoms with Crippen LogP contribution in [-0.2, 0) is 4.79 Å². The van der Waals surface area contributed by atoms with Gasteiger partial charge in [-0.1, -0.05) is 12.8 Å². The standard InChI is InChI=1S/C9H11N3O2/c10-5-6-12-7(13)9(11-8(12)14)3-1-2-4-9/h1-4,6H2,(H,11,14). The molecule has 5 heteroatoms. The van der Waals surface area contributed by atoms with Crippen molar-refractivity contribution >= 4 is 11.9 Å². The molecule has 1 N–H and O–H groups in total. The van der Waals surface area contributed by atoms with Crippen molar-refractivity contribution < 1.29 is 9.59 Å². The molecule has 3 amide bonds. The summed E-state index contributed by atoms with van der Waals surface area (Å²) in [7, 11) is 0. The number of rotatable bonds is 1. The predicted molar refractivity (Wildman–Crippen MR) is 47.1 cm³/mol. The fourth-order valence-corrected chi connectivity index (χ4v) is 2.21. The molecule has 0 radical (unpaired) electrons. The molecule has 0 unspecified atom stereocenters. The summed E-state index contributed by atoms with van der Waals surface area (Å²) in [6.07, 6.45) is 3.35. The molecule has 5 nitrogen and oxygen atoms in total. The van der Waals surface area contributed by atoms with E-state index in [1.54, 1.807) is 0 Å². The van der Waals surface area contributed by atoms with Crippen molar-refractivity contribution in [3.05, 3.63) is 0 Å². The van der Waals surface area contributed by atoms with Gasteiger partial charge in [0.2, 0.25) is 0 Å². The zero-order valence-corrected chi connectivity index (χ0v) is 7.75. The highest BCUT2D eigenvalue weighted by molar-refractivity contribution is 6.07. The molecule has 0 aromatic heterocycles. The molecule has 1 saturated heterocycles. The molecular formula is C9H11N3O2. The minimum absolute atomic E-state index is 0.146. The van der Waals surface area contributed by atoms with Gasteiger partial charge < -0.3 is 5.32 Å². The molecule has 1 saturated carbocycles. The number of nitrogens with one attached hydrogen (secondary N) is 1. The predicted octanol–water partition coefficient (Wildman–Crippen LogP) is 0.375. The van der Waals surface area contributed by atoms with E-state index in [0.717, 1.165) is 17.7 Å². The van der Waals surface area contributed by atoms with Crippen LogP contribution in [-0.4, -0.2) is 28.9 Å². The maximum absolute atomic E-state index is 11.8. The average Bonchev–Trinajstić information content (AvgIpc) is 2.69. The first-order valence-electron chi connectivity index (χ1n) is 4.71. The Morgan fingerprint density at radius 2 is 2.07 bits per heavy atom. The lowest BCUT2D eigenvalue weighted by Crippen LogP contribution is -2.44. The number of carbonyl (C=O) groups is 2. The first-order chi connectivity index (χ1) is 6.69. The van der Waals surface area contributed by atoms with Crippen LogP contribution >= 0.6 is 0 Å². The van der Waals surface area contributed by atoms with Gasteiger partial charge in [0.1, 0.15) is 12.1 Å². The van der Waals surface area contributed by atoms with E-state index in [0.29, 0.717) is 12.8 Å². The third-order valence-corrected chi connectivity index (χ3v) is 2.93. The van der Waals surface area contributed by atoms with Crippen molar-refractivity contribution in [3.8, 4) is 6.07 Å². The molecule has 1 aliphatic carbocycles. The molecule has 74 valence electrons. The monoisotopic (exact) mass is 193 g/mol. The largest absolute Gasteiger partial charge is 0.325 e. The summed E-state index contributed by atoms with van der Waals surface area (Å²) in [5.74, 6) is -0.221. The third-order valence-electron chi connectivity index (χ3n) is 2.93. The van der Waals surface area contributed by atoms with E-state index < -0.39 is 11.6 Å². The molecule has 1 heterocycles. The summed E-state index contributed by atoms with van der Waals surface area (Å²) in [5, 5.41) is 11.2. The van der Waals surface area contributed by atoms with Crippen LogP contribution in [0.4, 0.5) is 4.79 Å². The zero-order chi connectivity index (χ0) is 10.2. The Kier molecular flexibility index (Phi) is 1.92. The first kappa shape index (κ1) is 9.00. The lowest BCUT2D eigenvalue weighted by molar-refractivity contribution is -0.130. The van der Waals surface area contributed by atoms with Crippen LogP contribution in [0, 0.1) is 11.3 Å². The van der Waals surface area contributed by atoms with Crippen molar-refractivity contribution in [2.24, 2.45) is 0 Å². The molecule has 2 rings (SSSR count). The van der Waals surface area contributed by atoms with Gasteiger partial charge in [-0.2, -0.15) is 5.26 Å². The van der Waals surface area contributed by atoms with Gasteiger partial charge >= 0.3 is 6.03 Å². The Bertz CT molecular complexity index is 325. The number of hydrogen-bond acceptors (Lipinski definition) is 3. The van der Waals surface area contributed by atoms with Crippen molar-refractivity contribution in [2.75, 3.05) is 6.54 Å². The summed E-state index contributed by atoms with van der Waals surface area (Å²) < 4.78 is 0. The molecule has 0 atom stereocenters. The van der Waals surface area contributed by atoms with E-state index in [1.807, 2.05) is 6.07 Å². The van der Waals surface area contributed by atoms with E-state index >= 15 is 0 Å². The molecule has 0 aromatic rings. The van der Waals surface area contributed by atoms with Crippen molar-refractivity contribution in [1.29, 1.82) is 5.26 Å². The average molecular weight is 193 g/mol. The van der Waals surface area contributed by atoms with Crippen LogP contribution in [0.5, 0.6) is 0 Å². The number of urea groups is 1. The molecule has 2 fully saturated rings. The van der Waals surface area contributed by atoms with Crippen molar-refractivity contribution in [2.45, 2.75) is 31.2 Å². The van der Waals surface area contributed by atoms with Gasteiger partial charge in [0.15, 0.2) is 0 Å². The maximum atomic E-state index is 11.8. The van der Waals surface area contributed by atoms with E-state index in [9.17, 15) is 9.59 Å². The number of nitrogens with zero attached hydrogens (tertiary/aromatic N) is 2. The fraction of sp³-hybridized carbons (Fsp3) is 0.667. The number of imide groups is 1. The molecule has 2 aliphatic rings. The Morgan fingerprint density at radius 1 is 1.43 bits per heavy atom. The smallest absolute Gasteiger partial charge is 0.323 e. The SMILES string of the molecule is N#CCN1C(=O)NC2(CCCC2)C1=O. The maximum Gasteiger partial charge on any atom is 0.325 e. The van der Waals surface area contributed by atoms with Gasteiger partial charge in [-0.25, -0.2) is 9.69 Å². The minimum atomic E-state index is -0.673.